The third-order valence-electron chi connectivity index (χ3n) is 2.81. The molecule has 0 saturated heterocycles. The van der Waals surface area contributed by atoms with Crippen LogP contribution in [0.5, 0.6) is 0 Å². The van der Waals surface area contributed by atoms with Gasteiger partial charge in [-0.25, -0.2) is 4.39 Å². The summed E-state index contributed by atoms with van der Waals surface area (Å²) in [4.78, 5) is 0. The van der Waals surface area contributed by atoms with Gasteiger partial charge < -0.3 is 5.73 Å². The zero-order chi connectivity index (χ0) is 14.0. The zero-order valence-electron chi connectivity index (χ0n) is 9.84. The molecule has 1 atom stereocenters. The molecule has 19 heavy (non-hydrogen) atoms. The van der Waals surface area contributed by atoms with Gasteiger partial charge in [-0.1, -0.05) is 39.1 Å². The van der Waals surface area contributed by atoms with Crippen LogP contribution in [0.4, 0.5) is 4.39 Å². The zero-order valence-corrected chi connectivity index (χ0v) is 12.9. The Hall–Kier alpha value is -0.610. The third-order valence-corrected chi connectivity index (χ3v) is 4.16. The van der Waals surface area contributed by atoms with Gasteiger partial charge in [0.25, 0.3) is 0 Å². The molecule has 0 aromatic heterocycles. The highest BCUT2D eigenvalue weighted by atomic mass is 79.9. The van der Waals surface area contributed by atoms with Crippen molar-refractivity contribution >= 4 is 39.1 Å². The lowest BCUT2D eigenvalue weighted by atomic mass is 9.99. The Morgan fingerprint density at radius 1 is 1.16 bits per heavy atom. The van der Waals surface area contributed by atoms with Crippen molar-refractivity contribution in [3.05, 3.63) is 67.9 Å². The van der Waals surface area contributed by atoms with Crippen LogP contribution in [-0.4, -0.2) is 0 Å². The molecule has 0 saturated carbocycles. The van der Waals surface area contributed by atoms with Gasteiger partial charge in [-0.2, -0.15) is 0 Å². The molecule has 0 fully saturated rings. The minimum absolute atomic E-state index is 0.289. The number of benzene rings is 2. The first-order chi connectivity index (χ1) is 8.97. The molecule has 2 aromatic rings. The van der Waals surface area contributed by atoms with E-state index in [1.807, 2.05) is 0 Å². The van der Waals surface area contributed by atoms with Crippen molar-refractivity contribution in [2.75, 3.05) is 0 Å². The summed E-state index contributed by atoms with van der Waals surface area (Å²) in [5.41, 5.74) is 7.68. The molecule has 0 aliphatic heterocycles. The Morgan fingerprint density at radius 2 is 1.89 bits per heavy atom. The Labute approximate surface area is 129 Å². The van der Waals surface area contributed by atoms with E-state index in [0.717, 1.165) is 15.6 Å². The van der Waals surface area contributed by atoms with Gasteiger partial charge in [0.05, 0.1) is 0 Å². The second-order valence-electron chi connectivity index (χ2n) is 4.21. The van der Waals surface area contributed by atoms with Gasteiger partial charge in [0, 0.05) is 20.6 Å². The Bertz CT molecular complexity index is 604. The molecule has 2 aromatic carbocycles. The van der Waals surface area contributed by atoms with E-state index in [2.05, 4.69) is 15.9 Å². The molecule has 1 unspecified atom stereocenters. The van der Waals surface area contributed by atoms with Crippen molar-refractivity contribution in [3.63, 3.8) is 0 Å². The molecule has 0 spiro atoms. The second-order valence-corrected chi connectivity index (χ2v) is 5.91. The first-order valence-electron chi connectivity index (χ1n) is 5.62. The van der Waals surface area contributed by atoms with Gasteiger partial charge in [-0.05, 0) is 53.9 Å². The van der Waals surface area contributed by atoms with Crippen LogP contribution in [-0.2, 0) is 6.42 Å². The van der Waals surface area contributed by atoms with Crippen molar-refractivity contribution in [3.8, 4) is 0 Å². The van der Waals surface area contributed by atoms with Crippen molar-refractivity contribution in [1.82, 2.24) is 0 Å². The lowest BCUT2D eigenvalue weighted by Gasteiger charge is -2.15. The van der Waals surface area contributed by atoms with E-state index in [9.17, 15) is 4.39 Å². The number of hydrogen-bond acceptors (Lipinski definition) is 1. The van der Waals surface area contributed by atoms with Crippen molar-refractivity contribution < 1.29 is 4.39 Å². The van der Waals surface area contributed by atoms with Gasteiger partial charge >= 0.3 is 0 Å². The summed E-state index contributed by atoms with van der Waals surface area (Å²) < 4.78 is 14.1. The Morgan fingerprint density at radius 3 is 2.63 bits per heavy atom. The van der Waals surface area contributed by atoms with Gasteiger partial charge in [-0.15, -0.1) is 0 Å². The van der Waals surface area contributed by atoms with Gasteiger partial charge in [0.15, 0.2) is 0 Å². The summed E-state index contributed by atoms with van der Waals surface area (Å²) >= 11 is 15.4. The minimum atomic E-state index is -0.343. The summed E-state index contributed by atoms with van der Waals surface area (Å²) in [7, 11) is 0. The monoisotopic (exact) mass is 361 g/mol. The molecule has 1 nitrogen and oxygen atoms in total. The van der Waals surface area contributed by atoms with Gasteiger partial charge in [-0.3, -0.25) is 0 Å². The molecule has 100 valence electrons. The van der Waals surface area contributed by atoms with Gasteiger partial charge in [0.2, 0.25) is 0 Å². The van der Waals surface area contributed by atoms with E-state index in [0.29, 0.717) is 16.5 Å². The Balaban J connectivity index is 2.27. The first kappa shape index (κ1) is 14.8. The van der Waals surface area contributed by atoms with Crippen LogP contribution in [0, 0.1) is 5.82 Å². The van der Waals surface area contributed by atoms with Gasteiger partial charge in [0.1, 0.15) is 5.82 Å². The molecular formula is C14H11BrCl2FN. The van der Waals surface area contributed by atoms with Crippen molar-refractivity contribution in [1.29, 1.82) is 0 Å². The molecule has 2 N–H and O–H groups in total. The topological polar surface area (TPSA) is 26.0 Å². The molecule has 5 heteroatoms. The molecule has 0 heterocycles. The summed E-state index contributed by atoms with van der Waals surface area (Å²) in [5, 5.41) is 1.14. The van der Waals surface area contributed by atoms with E-state index in [-0.39, 0.29) is 11.9 Å². The standard InChI is InChI=1S/C14H11BrCl2FN/c15-12-3-2-10(18)5-8(12)6-14(19)11-7-9(16)1-4-13(11)17/h1-5,7,14H,6,19H2. The molecule has 0 bridgehead atoms. The lowest BCUT2D eigenvalue weighted by molar-refractivity contribution is 0.621. The van der Waals surface area contributed by atoms with Crippen LogP contribution in [0.3, 0.4) is 0 Å². The van der Waals surface area contributed by atoms with Crippen LogP contribution < -0.4 is 5.73 Å². The van der Waals surface area contributed by atoms with Crippen LogP contribution in [0.1, 0.15) is 17.2 Å². The van der Waals surface area contributed by atoms with E-state index in [4.69, 9.17) is 28.9 Å². The summed E-state index contributed by atoms with van der Waals surface area (Å²) in [5.74, 6) is -0.289. The molecule has 0 amide bonds. The smallest absolute Gasteiger partial charge is 0.123 e. The van der Waals surface area contributed by atoms with E-state index < -0.39 is 0 Å². The molecule has 0 aliphatic carbocycles. The fourth-order valence-corrected chi connectivity index (χ4v) is 2.69. The highest BCUT2D eigenvalue weighted by Crippen LogP contribution is 2.29. The highest BCUT2D eigenvalue weighted by Gasteiger charge is 2.13. The van der Waals surface area contributed by atoms with E-state index in [1.54, 1.807) is 24.3 Å². The van der Waals surface area contributed by atoms with Crippen LogP contribution in [0.2, 0.25) is 10.0 Å². The van der Waals surface area contributed by atoms with Crippen LogP contribution >= 0.6 is 39.1 Å². The van der Waals surface area contributed by atoms with E-state index >= 15 is 0 Å². The van der Waals surface area contributed by atoms with Crippen molar-refractivity contribution in [2.24, 2.45) is 5.73 Å². The summed E-state index contributed by atoms with van der Waals surface area (Å²) in [6.07, 6.45) is 0.471. The predicted molar refractivity (Wildman–Crippen MR) is 81.2 cm³/mol. The normalized spacial score (nSPS) is 12.5. The maximum Gasteiger partial charge on any atom is 0.123 e. The fourth-order valence-electron chi connectivity index (χ4n) is 1.85. The Kier molecular flexibility index (Phi) is 4.85. The number of halogens is 4. The summed E-state index contributed by atoms with van der Waals surface area (Å²) in [6.45, 7) is 0. The lowest BCUT2D eigenvalue weighted by Crippen LogP contribution is -2.14. The molecule has 2 rings (SSSR count). The van der Waals surface area contributed by atoms with Crippen LogP contribution in [0.15, 0.2) is 40.9 Å². The fraction of sp³-hybridized carbons (Fsp3) is 0.143. The minimum Gasteiger partial charge on any atom is -0.324 e. The van der Waals surface area contributed by atoms with Crippen LogP contribution in [0.25, 0.3) is 0 Å². The quantitative estimate of drug-likeness (QED) is 0.803. The largest absolute Gasteiger partial charge is 0.324 e. The molecular weight excluding hydrogens is 352 g/mol. The highest BCUT2D eigenvalue weighted by molar-refractivity contribution is 9.10. The number of hydrogen-bond donors (Lipinski definition) is 1. The second kappa shape index (κ2) is 6.23. The SMILES string of the molecule is NC(Cc1cc(F)ccc1Br)c1cc(Cl)ccc1Cl. The average Bonchev–Trinajstić information content (AvgIpc) is 2.36. The summed E-state index contributed by atoms with van der Waals surface area (Å²) in [6, 6.07) is 9.33. The maximum absolute atomic E-state index is 13.2. The molecule has 0 radical (unpaired) electrons. The molecule has 0 aliphatic rings. The third kappa shape index (κ3) is 3.69. The number of rotatable bonds is 3. The maximum atomic E-state index is 13.2. The number of nitrogens with two attached hydrogens (primary N) is 1. The van der Waals surface area contributed by atoms with Crippen molar-refractivity contribution in [2.45, 2.75) is 12.5 Å². The average molecular weight is 363 g/mol. The van der Waals surface area contributed by atoms with E-state index in [1.165, 1.54) is 12.1 Å². The first-order valence-corrected chi connectivity index (χ1v) is 7.16. The predicted octanol–water partition coefficient (Wildman–Crippen LogP) is 5.14.